The third-order valence-electron chi connectivity index (χ3n) is 6.60. The summed E-state index contributed by atoms with van der Waals surface area (Å²) in [5.41, 5.74) is 0. The third kappa shape index (κ3) is 13.6. The van der Waals surface area contributed by atoms with Crippen molar-refractivity contribution in [2.45, 2.75) is 140 Å². The number of aliphatic hydroxyl groups is 5. The van der Waals surface area contributed by atoms with Crippen molar-refractivity contribution >= 4 is 11.9 Å². The van der Waals surface area contributed by atoms with Gasteiger partial charge in [0.05, 0.1) is 13.2 Å². The highest BCUT2D eigenvalue weighted by Crippen LogP contribution is 2.22. The molecule has 1 saturated heterocycles. The van der Waals surface area contributed by atoms with E-state index in [0.29, 0.717) is 12.8 Å². The Balaban J connectivity index is 2.63. The molecule has 0 amide bonds. The van der Waals surface area contributed by atoms with Crippen LogP contribution >= 0.6 is 0 Å². The summed E-state index contributed by atoms with van der Waals surface area (Å²) in [6, 6.07) is 0. The highest BCUT2D eigenvalue weighted by molar-refractivity contribution is 5.74. The van der Waals surface area contributed by atoms with Crippen LogP contribution in [0, 0.1) is 0 Å². The van der Waals surface area contributed by atoms with Crippen molar-refractivity contribution in [2.24, 2.45) is 0 Å². The molecule has 0 aromatic carbocycles. The van der Waals surface area contributed by atoms with Crippen LogP contribution in [0.2, 0.25) is 0 Å². The second-order valence-electron chi connectivity index (χ2n) is 10.0. The van der Waals surface area contributed by atoms with Gasteiger partial charge in [0.2, 0.25) is 0 Å². The summed E-state index contributed by atoms with van der Waals surface area (Å²) in [5, 5.41) is 49.7. The Bertz CT molecular complexity index is 630. The Morgan fingerprint density at radius 3 is 2.05 bits per heavy atom. The first-order valence-corrected chi connectivity index (χ1v) is 14.2. The molecule has 5 N–H and O–H groups in total. The lowest BCUT2D eigenvalue weighted by molar-refractivity contribution is -0.305. The lowest BCUT2D eigenvalue weighted by Gasteiger charge is -2.39. The molecule has 1 fully saturated rings. The van der Waals surface area contributed by atoms with Crippen molar-refractivity contribution in [1.29, 1.82) is 0 Å². The monoisotopic (exact) mass is 550 g/mol. The molecule has 224 valence electrons. The predicted octanol–water partition coefficient (Wildman–Crippen LogP) is 1.73. The molecule has 11 heteroatoms. The molecule has 0 aromatic heterocycles. The molecule has 0 aliphatic carbocycles. The molecule has 11 nitrogen and oxygen atoms in total. The van der Waals surface area contributed by atoms with Crippen molar-refractivity contribution in [3.05, 3.63) is 0 Å². The fourth-order valence-electron chi connectivity index (χ4n) is 4.13. The average molecular weight is 551 g/mol. The first kappa shape index (κ1) is 34.7. The van der Waals surface area contributed by atoms with Crippen molar-refractivity contribution in [3.63, 3.8) is 0 Å². The highest BCUT2D eigenvalue weighted by Gasteiger charge is 2.44. The molecule has 1 aliphatic heterocycles. The number of hydrogen-bond donors (Lipinski definition) is 5. The fraction of sp³-hybridized carbons (Fsp3) is 0.926. The van der Waals surface area contributed by atoms with E-state index in [1.807, 2.05) is 0 Å². The number of hydrogen-bond acceptors (Lipinski definition) is 11. The maximum absolute atomic E-state index is 12.5. The molecule has 0 unspecified atom stereocenters. The van der Waals surface area contributed by atoms with Crippen LogP contribution in [0.3, 0.4) is 0 Å². The number of aliphatic hydroxyl groups excluding tert-OH is 5. The highest BCUT2D eigenvalue weighted by atomic mass is 16.7. The number of ether oxygens (including phenoxy) is 4. The zero-order valence-electron chi connectivity index (χ0n) is 23.0. The van der Waals surface area contributed by atoms with E-state index in [2.05, 4.69) is 13.8 Å². The van der Waals surface area contributed by atoms with Gasteiger partial charge in [-0.15, -0.1) is 0 Å². The molecular weight excluding hydrogens is 500 g/mol. The number of esters is 2. The summed E-state index contributed by atoms with van der Waals surface area (Å²) in [6.45, 7) is 2.89. The van der Waals surface area contributed by atoms with E-state index in [-0.39, 0.29) is 26.1 Å². The van der Waals surface area contributed by atoms with Crippen molar-refractivity contribution < 1.29 is 54.1 Å². The van der Waals surface area contributed by atoms with Crippen LogP contribution in [0.1, 0.15) is 97.3 Å². The molecule has 0 bridgehead atoms. The zero-order chi connectivity index (χ0) is 28.3. The average Bonchev–Trinajstić information content (AvgIpc) is 2.91. The Morgan fingerprint density at radius 1 is 0.816 bits per heavy atom. The maximum atomic E-state index is 12.5. The Hall–Kier alpha value is -1.34. The van der Waals surface area contributed by atoms with Gasteiger partial charge in [-0.2, -0.15) is 0 Å². The molecule has 0 radical (unpaired) electrons. The summed E-state index contributed by atoms with van der Waals surface area (Å²) in [7, 11) is 0. The standard InChI is InChI=1S/C27H50O11/c1-3-5-7-9-11-12-14-20(29)26(34)37-19(17-35-22(30)15-13-10-8-6-4-2)18-36-27-25(33)24(32)23(31)21(16-28)38-27/h19-21,23-25,27-29,31-33H,3-18H2,1-2H3/t19-,20+,21-,23+,24+,25-,27-/m1/s1. The van der Waals surface area contributed by atoms with E-state index in [1.54, 1.807) is 0 Å². The summed E-state index contributed by atoms with van der Waals surface area (Å²) in [4.78, 5) is 24.7. The van der Waals surface area contributed by atoms with Crippen LogP contribution in [0.4, 0.5) is 0 Å². The van der Waals surface area contributed by atoms with E-state index < -0.39 is 61.5 Å². The zero-order valence-corrected chi connectivity index (χ0v) is 23.0. The molecule has 0 aromatic rings. The summed E-state index contributed by atoms with van der Waals surface area (Å²) < 4.78 is 21.4. The topological polar surface area (TPSA) is 172 Å². The number of carbonyl (C=O) groups excluding carboxylic acids is 2. The van der Waals surface area contributed by atoms with Crippen molar-refractivity contribution in [2.75, 3.05) is 19.8 Å². The van der Waals surface area contributed by atoms with Crippen LogP contribution in [0.5, 0.6) is 0 Å². The Labute approximate surface area is 226 Å². The van der Waals surface area contributed by atoms with Gasteiger partial charge >= 0.3 is 11.9 Å². The minimum atomic E-state index is -1.63. The quantitative estimate of drug-likeness (QED) is 0.104. The van der Waals surface area contributed by atoms with Crippen molar-refractivity contribution in [1.82, 2.24) is 0 Å². The third-order valence-corrected chi connectivity index (χ3v) is 6.60. The Kier molecular flexibility index (Phi) is 18.8. The van der Waals surface area contributed by atoms with Crippen LogP contribution < -0.4 is 0 Å². The van der Waals surface area contributed by atoms with Gasteiger partial charge in [0.1, 0.15) is 31.0 Å². The van der Waals surface area contributed by atoms with Gasteiger partial charge in [-0.25, -0.2) is 4.79 Å². The minimum absolute atomic E-state index is 0.221. The molecule has 1 heterocycles. The molecule has 7 atom stereocenters. The van der Waals surface area contributed by atoms with Crippen LogP contribution in [0.25, 0.3) is 0 Å². The summed E-state index contributed by atoms with van der Waals surface area (Å²) >= 11 is 0. The number of rotatable bonds is 21. The first-order valence-electron chi connectivity index (χ1n) is 14.2. The van der Waals surface area contributed by atoms with E-state index >= 15 is 0 Å². The molecule has 1 aliphatic rings. The van der Waals surface area contributed by atoms with Gasteiger partial charge in [-0.3, -0.25) is 4.79 Å². The van der Waals surface area contributed by atoms with Crippen LogP contribution in [-0.2, 0) is 28.5 Å². The molecule has 0 saturated carbocycles. The van der Waals surface area contributed by atoms with Gasteiger partial charge in [0.25, 0.3) is 0 Å². The van der Waals surface area contributed by atoms with Gasteiger partial charge in [0.15, 0.2) is 18.5 Å². The van der Waals surface area contributed by atoms with Crippen molar-refractivity contribution in [3.8, 4) is 0 Å². The van der Waals surface area contributed by atoms with E-state index in [1.165, 1.54) is 0 Å². The first-order chi connectivity index (χ1) is 18.2. The smallest absolute Gasteiger partial charge is 0.335 e. The van der Waals surface area contributed by atoms with Gasteiger partial charge in [-0.05, 0) is 12.8 Å². The summed E-state index contributed by atoms with van der Waals surface area (Å²) in [5.74, 6) is -1.33. The predicted molar refractivity (Wildman–Crippen MR) is 138 cm³/mol. The van der Waals surface area contributed by atoms with E-state index in [9.17, 15) is 35.1 Å². The molecule has 38 heavy (non-hydrogen) atoms. The second kappa shape index (κ2) is 20.5. The normalized spacial score (nSPS) is 25.1. The fourth-order valence-corrected chi connectivity index (χ4v) is 4.13. The van der Waals surface area contributed by atoms with E-state index in [0.717, 1.165) is 57.8 Å². The lowest BCUT2D eigenvalue weighted by atomic mass is 9.99. The van der Waals surface area contributed by atoms with Crippen LogP contribution in [0.15, 0.2) is 0 Å². The number of unbranched alkanes of at least 4 members (excludes halogenated alkanes) is 9. The van der Waals surface area contributed by atoms with Gasteiger partial charge in [0, 0.05) is 6.42 Å². The van der Waals surface area contributed by atoms with Gasteiger partial charge in [-0.1, -0.05) is 78.1 Å². The van der Waals surface area contributed by atoms with Gasteiger partial charge < -0.3 is 44.5 Å². The maximum Gasteiger partial charge on any atom is 0.335 e. The summed E-state index contributed by atoms with van der Waals surface area (Å²) in [6.07, 6.45) is 1.40. The minimum Gasteiger partial charge on any atom is -0.462 e. The molecular formula is C27H50O11. The lowest BCUT2D eigenvalue weighted by Crippen LogP contribution is -2.59. The Morgan fingerprint density at radius 2 is 1.42 bits per heavy atom. The molecule has 0 spiro atoms. The SMILES string of the molecule is CCCCCCCC[C@H](O)C(=O)O[C@H](COC(=O)CCCCCCC)CO[C@@H]1O[C@H](CO)[C@H](O)[C@H](O)[C@H]1O. The largest absolute Gasteiger partial charge is 0.462 e. The number of carbonyl (C=O) groups is 2. The second-order valence-corrected chi connectivity index (χ2v) is 10.0. The van der Waals surface area contributed by atoms with E-state index in [4.69, 9.17) is 18.9 Å². The molecule has 1 rings (SSSR count). The van der Waals surface area contributed by atoms with Crippen LogP contribution in [-0.4, -0.2) is 100 Å².